The molecule has 0 spiro atoms. The molecule has 0 amide bonds. The summed E-state index contributed by atoms with van der Waals surface area (Å²) in [6, 6.07) is 0. The van der Waals surface area contributed by atoms with E-state index in [2.05, 4.69) is 34.6 Å². The maximum atomic E-state index is 8.00. The molecule has 3 nitrogen and oxygen atoms in total. The van der Waals surface area contributed by atoms with E-state index in [9.17, 15) is 0 Å². The van der Waals surface area contributed by atoms with Crippen LogP contribution >= 0.6 is 0 Å². The van der Waals surface area contributed by atoms with Crippen LogP contribution in [-0.2, 0) is 33.6 Å². The standard InChI is InChI=1S/C10H15.3CH2O.Re/c1-7-6-10(4,5)9(3)8(7)2;3*1-2;/h1-5H3;3*1H2;. The average molecular weight is 412 g/mol. The second-order valence-electron chi connectivity index (χ2n) is 3.81. The van der Waals surface area contributed by atoms with Crippen molar-refractivity contribution in [3.63, 3.8) is 0 Å². The number of rotatable bonds is 0. The molecule has 0 aliphatic heterocycles. The van der Waals surface area contributed by atoms with E-state index in [0.29, 0.717) is 5.41 Å². The van der Waals surface area contributed by atoms with Gasteiger partial charge in [-0.1, -0.05) is 0 Å². The predicted molar refractivity (Wildman–Crippen MR) is 66.2 cm³/mol. The van der Waals surface area contributed by atoms with Crippen LogP contribution in [0.25, 0.3) is 0 Å². The van der Waals surface area contributed by atoms with Crippen LogP contribution in [0.15, 0.2) is 20.8 Å². The van der Waals surface area contributed by atoms with Crippen molar-refractivity contribution in [2.24, 2.45) is 5.41 Å². The van der Waals surface area contributed by atoms with E-state index in [0.717, 1.165) is 0 Å². The third-order valence-electron chi connectivity index (χ3n) is 2.94. The fourth-order valence-corrected chi connectivity index (χ4v) is 2.57. The molecule has 0 saturated carbocycles. The molecule has 0 bridgehead atoms. The number of hydrogen-bond donors (Lipinski definition) is 0. The molecule has 0 atom stereocenters. The second kappa shape index (κ2) is 10.3. The monoisotopic (exact) mass is 412 g/mol. The molecule has 17 heavy (non-hydrogen) atoms. The molecular formula is C13H21O3Re. The third kappa shape index (κ3) is 4.89. The van der Waals surface area contributed by atoms with Gasteiger partial charge in [0, 0.05) is 0 Å². The summed E-state index contributed by atoms with van der Waals surface area (Å²) in [4.78, 5) is 24.0. The normalized spacial score (nSPS) is 15.9. The molecule has 1 aliphatic rings. The minimum atomic E-state index is 0.338. The summed E-state index contributed by atoms with van der Waals surface area (Å²) in [5.41, 5.74) is 4.91. The van der Waals surface area contributed by atoms with E-state index in [1.54, 1.807) is 9.62 Å². The average Bonchev–Trinajstić information content (AvgIpc) is 2.52. The van der Waals surface area contributed by atoms with Crippen molar-refractivity contribution in [3.8, 4) is 0 Å². The van der Waals surface area contributed by atoms with E-state index < -0.39 is 0 Å². The first-order valence-electron chi connectivity index (χ1n) is 4.81. The molecule has 1 aliphatic carbocycles. The second-order valence-corrected chi connectivity index (χ2v) is 5.17. The number of carbonyl (C=O) groups is 3. The van der Waals surface area contributed by atoms with Gasteiger partial charge in [-0.2, -0.15) is 0 Å². The molecule has 0 radical (unpaired) electrons. The molecule has 0 N–H and O–H groups in total. The summed E-state index contributed by atoms with van der Waals surface area (Å²) in [5.74, 6) is 0. The molecule has 0 aromatic rings. The number of carbonyl (C=O) groups excluding carboxylic acids is 3. The topological polar surface area (TPSA) is 51.2 Å². The Kier molecular flexibility index (Phi) is 13.0. The van der Waals surface area contributed by atoms with Crippen LogP contribution in [0.4, 0.5) is 0 Å². The summed E-state index contributed by atoms with van der Waals surface area (Å²) < 4.78 is 1.59. The Balaban J connectivity index is -0.000000285. The Bertz CT molecular complexity index is 273. The van der Waals surface area contributed by atoms with Crippen LogP contribution in [-0.4, -0.2) is 20.4 Å². The van der Waals surface area contributed by atoms with Gasteiger partial charge in [-0.15, -0.1) is 0 Å². The fraction of sp³-hybridized carbons (Fsp3) is 0.462. The quantitative estimate of drug-likeness (QED) is 0.616. The van der Waals surface area contributed by atoms with E-state index in [1.807, 2.05) is 39.6 Å². The zero-order valence-corrected chi connectivity index (χ0v) is 13.9. The van der Waals surface area contributed by atoms with Crippen LogP contribution in [0.2, 0.25) is 0 Å². The molecule has 0 unspecified atom stereocenters. The molecule has 0 aromatic heterocycles. The number of allylic oxidation sites excluding steroid dienone is 4. The Hall–Kier alpha value is -0.848. The van der Waals surface area contributed by atoms with Gasteiger partial charge in [0.15, 0.2) is 0 Å². The molecule has 4 heteroatoms. The Morgan fingerprint density at radius 1 is 0.824 bits per heavy atom. The van der Waals surface area contributed by atoms with E-state index in [1.165, 1.54) is 11.1 Å². The van der Waals surface area contributed by atoms with Gasteiger partial charge in [0.2, 0.25) is 0 Å². The van der Waals surface area contributed by atoms with Crippen LogP contribution in [0, 0.1) is 5.41 Å². The summed E-state index contributed by atoms with van der Waals surface area (Å²) >= 11 is 1.83. The van der Waals surface area contributed by atoms with E-state index >= 15 is 0 Å². The summed E-state index contributed by atoms with van der Waals surface area (Å²) in [5, 5.41) is 0. The zero-order valence-electron chi connectivity index (χ0n) is 11.2. The SMILES string of the molecule is C=O.C=O.C=O.CC1=C(C)C(C)(C)[C]([Re])=C1C. The van der Waals surface area contributed by atoms with Crippen molar-refractivity contribution in [3.05, 3.63) is 20.8 Å². The first-order chi connectivity index (χ1) is 7.89. The molecule has 0 aromatic carbocycles. The fourth-order valence-electron chi connectivity index (χ4n) is 1.55. The van der Waals surface area contributed by atoms with E-state index in [4.69, 9.17) is 14.4 Å². The molecular weight excluding hydrogens is 390 g/mol. The molecule has 98 valence electrons. The van der Waals surface area contributed by atoms with Crippen LogP contribution in [0.5, 0.6) is 0 Å². The number of hydrogen-bond acceptors (Lipinski definition) is 3. The first-order valence-corrected chi connectivity index (χ1v) is 6.16. The molecule has 1 rings (SSSR count). The first kappa shape index (κ1) is 21.4. The summed E-state index contributed by atoms with van der Waals surface area (Å²) in [7, 11) is 0. The van der Waals surface area contributed by atoms with Gasteiger partial charge < -0.3 is 14.4 Å². The van der Waals surface area contributed by atoms with Gasteiger partial charge in [-0.05, 0) is 0 Å². The van der Waals surface area contributed by atoms with Gasteiger partial charge in [0.25, 0.3) is 0 Å². The van der Waals surface area contributed by atoms with Crippen molar-refractivity contribution in [1.82, 2.24) is 0 Å². The van der Waals surface area contributed by atoms with Gasteiger partial charge in [0.1, 0.15) is 20.4 Å². The van der Waals surface area contributed by atoms with E-state index in [-0.39, 0.29) is 0 Å². The Labute approximate surface area is 115 Å². The van der Waals surface area contributed by atoms with Crippen molar-refractivity contribution in [1.29, 1.82) is 0 Å². The van der Waals surface area contributed by atoms with Crippen molar-refractivity contribution >= 4 is 20.4 Å². The summed E-state index contributed by atoms with van der Waals surface area (Å²) in [6.07, 6.45) is 0. The van der Waals surface area contributed by atoms with Crippen molar-refractivity contribution in [2.45, 2.75) is 34.6 Å². The minimum absolute atomic E-state index is 0.338. The van der Waals surface area contributed by atoms with Gasteiger partial charge in [-0.25, -0.2) is 0 Å². The van der Waals surface area contributed by atoms with Crippen molar-refractivity contribution < 1.29 is 33.6 Å². The molecule has 0 fully saturated rings. The zero-order chi connectivity index (χ0) is 14.8. The summed E-state index contributed by atoms with van der Waals surface area (Å²) in [6.45, 7) is 17.4. The maximum absolute atomic E-state index is 8.00. The van der Waals surface area contributed by atoms with Gasteiger partial charge in [-0.3, -0.25) is 0 Å². The Morgan fingerprint density at radius 2 is 1.12 bits per heavy atom. The van der Waals surface area contributed by atoms with Gasteiger partial charge >= 0.3 is 80.0 Å². The van der Waals surface area contributed by atoms with Crippen molar-refractivity contribution in [2.75, 3.05) is 0 Å². The molecule has 0 saturated heterocycles. The van der Waals surface area contributed by atoms with Crippen LogP contribution in [0.3, 0.4) is 0 Å². The van der Waals surface area contributed by atoms with Crippen LogP contribution in [0.1, 0.15) is 34.6 Å². The molecule has 0 heterocycles. The van der Waals surface area contributed by atoms with Crippen LogP contribution < -0.4 is 0 Å². The third-order valence-corrected chi connectivity index (χ3v) is 5.66. The predicted octanol–water partition coefficient (Wildman–Crippen LogP) is 2.63. The van der Waals surface area contributed by atoms with Gasteiger partial charge in [0.05, 0.1) is 0 Å². The Morgan fingerprint density at radius 3 is 1.18 bits per heavy atom.